The predicted octanol–water partition coefficient (Wildman–Crippen LogP) is 0.393. The topological polar surface area (TPSA) is 66.8 Å². The molecule has 1 saturated heterocycles. The van der Waals surface area contributed by atoms with E-state index >= 15 is 0 Å². The summed E-state index contributed by atoms with van der Waals surface area (Å²) >= 11 is 0. The largest absolute Gasteiger partial charge is 0.481 e. The van der Waals surface area contributed by atoms with Crippen molar-refractivity contribution in [2.24, 2.45) is 5.41 Å². The molecule has 1 heterocycles. The molecule has 0 spiro atoms. The number of carboxylic acid groups (broad SMARTS) is 1. The Hall–Kier alpha value is -0.610. The van der Waals surface area contributed by atoms with Gasteiger partial charge in [-0.25, -0.2) is 0 Å². The van der Waals surface area contributed by atoms with Gasteiger partial charge in [-0.1, -0.05) is 6.42 Å². The van der Waals surface area contributed by atoms with E-state index in [2.05, 4.69) is 0 Å². The summed E-state index contributed by atoms with van der Waals surface area (Å²) in [5.74, 6) is -0.869. The van der Waals surface area contributed by atoms with Crippen molar-refractivity contribution in [3.63, 3.8) is 0 Å². The van der Waals surface area contributed by atoms with Crippen LogP contribution < -0.4 is 0 Å². The van der Waals surface area contributed by atoms with Crippen molar-refractivity contribution < 1.29 is 19.7 Å². The SMILES string of the molecule is O=C(O)C1(C2(O)CCOC2)CCC1. The molecule has 0 radical (unpaired) electrons. The molecular formula is C9H14O4. The van der Waals surface area contributed by atoms with E-state index in [0.29, 0.717) is 25.9 Å². The highest BCUT2D eigenvalue weighted by atomic mass is 16.5. The molecule has 2 N–H and O–H groups in total. The highest BCUT2D eigenvalue weighted by molar-refractivity contribution is 5.77. The Bertz CT molecular complexity index is 226. The van der Waals surface area contributed by atoms with Gasteiger partial charge in [-0.3, -0.25) is 4.79 Å². The van der Waals surface area contributed by atoms with Crippen molar-refractivity contribution in [1.82, 2.24) is 0 Å². The Morgan fingerprint density at radius 1 is 1.31 bits per heavy atom. The third-order valence-electron chi connectivity index (χ3n) is 3.51. The fraction of sp³-hybridized carbons (Fsp3) is 0.889. The van der Waals surface area contributed by atoms with E-state index < -0.39 is 17.0 Å². The first kappa shape index (κ1) is 8.97. The molecule has 0 bridgehead atoms. The molecule has 1 atom stereocenters. The van der Waals surface area contributed by atoms with Gasteiger partial charge in [-0.05, 0) is 12.8 Å². The van der Waals surface area contributed by atoms with E-state index in [4.69, 9.17) is 9.84 Å². The molecule has 13 heavy (non-hydrogen) atoms. The van der Waals surface area contributed by atoms with Crippen molar-refractivity contribution in [3.05, 3.63) is 0 Å². The molecule has 4 nitrogen and oxygen atoms in total. The van der Waals surface area contributed by atoms with E-state index in [1.165, 1.54) is 0 Å². The van der Waals surface area contributed by atoms with Gasteiger partial charge >= 0.3 is 5.97 Å². The summed E-state index contributed by atoms with van der Waals surface area (Å²) in [4.78, 5) is 11.1. The second-order valence-corrected chi connectivity index (χ2v) is 4.07. The number of rotatable bonds is 2. The zero-order valence-corrected chi connectivity index (χ0v) is 7.45. The smallest absolute Gasteiger partial charge is 0.312 e. The van der Waals surface area contributed by atoms with Crippen molar-refractivity contribution in [2.75, 3.05) is 13.2 Å². The Morgan fingerprint density at radius 2 is 2.00 bits per heavy atom. The van der Waals surface area contributed by atoms with Gasteiger partial charge in [-0.2, -0.15) is 0 Å². The summed E-state index contributed by atoms with van der Waals surface area (Å²) in [6.07, 6.45) is 2.53. The van der Waals surface area contributed by atoms with E-state index in [9.17, 15) is 9.90 Å². The first-order valence-corrected chi connectivity index (χ1v) is 4.64. The Labute approximate surface area is 76.5 Å². The molecule has 1 aliphatic carbocycles. The van der Waals surface area contributed by atoms with Crippen molar-refractivity contribution >= 4 is 5.97 Å². The van der Waals surface area contributed by atoms with Crippen LogP contribution in [0.25, 0.3) is 0 Å². The van der Waals surface area contributed by atoms with Gasteiger partial charge in [0.05, 0.1) is 12.0 Å². The first-order chi connectivity index (χ1) is 6.11. The van der Waals surface area contributed by atoms with Crippen LogP contribution in [-0.2, 0) is 9.53 Å². The lowest BCUT2D eigenvalue weighted by Crippen LogP contribution is -2.57. The Kier molecular flexibility index (Phi) is 1.85. The Balaban J connectivity index is 2.24. The molecule has 74 valence electrons. The van der Waals surface area contributed by atoms with E-state index in [-0.39, 0.29) is 6.61 Å². The molecule has 0 aromatic carbocycles. The van der Waals surface area contributed by atoms with Crippen LogP contribution in [0.5, 0.6) is 0 Å². The standard InChI is InChI=1S/C9H14O4/c10-7(11)8(2-1-3-8)9(12)4-5-13-6-9/h12H,1-6H2,(H,10,11). The molecule has 1 aliphatic heterocycles. The zero-order chi connectivity index (χ0) is 9.53. The van der Waals surface area contributed by atoms with Gasteiger partial charge in [-0.15, -0.1) is 0 Å². The maximum absolute atomic E-state index is 11.1. The fourth-order valence-corrected chi connectivity index (χ4v) is 2.34. The van der Waals surface area contributed by atoms with Crippen LogP contribution in [0.2, 0.25) is 0 Å². The number of carboxylic acids is 1. The maximum Gasteiger partial charge on any atom is 0.312 e. The zero-order valence-electron chi connectivity index (χ0n) is 7.45. The molecule has 2 aliphatic rings. The van der Waals surface area contributed by atoms with Gasteiger partial charge in [0.15, 0.2) is 0 Å². The molecule has 0 aromatic rings. The number of aliphatic hydroxyl groups is 1. The van der Waals surface area contributed by atoms with E-state index in [1.807, 2.05) is 0 Å². The third kappa shape index (κ3) is 1.02. The average Bonchev–Trinajstić information content (AvgIpc) is 2.32. The van der Waals surface area contributed by atoms with Crippen LogP contribution in [0.15, 0.2) is 0 Å². The summed E-state index contributed by atoms with van der Waals surface area (Å²) in [5.41, 5.74) is -2.03. The van der Waals surface area contributed by atoms with E-state index in [1.54, 1.807) is 0 Å². The minimum Gasteiger partial charge on any atom is -0.481 e. The van der Waals surface area contributed by atoms with E-state index in [0.717, 1.165) is 6.42 Å². The van der Waals surface area contributed by atoms with Crippen LogP contribution in [-0.4, -0.2) is 35.0 Å². The van der Waals surface area contributed by atoms with Gasteiger partial charge in [0, 0.05) is 13.0 Å². The number of hydrogen-bond donors (Lipinski definition) is 2. The predicted molar refractivity (Wildman–Crippen MR) is 44.3 cm³/mol. The third-order valence-corrected chi connectivity index (χ3v) is 3.51. The van der Waals surface area contributed by atoms with Crippen LogP contribution in [0.3, 0.4) is 0 Å². The molecule has 1 saturated carbocycles. The highest BCUT2D eigenvalue weighted by Crippen LogP contribution is 2.52. The molecule has 2 rings (SSSR count). The van der Waals surface area contributed by atoms with Crippen LogP contribution >= 0.6 is 0 Å². The molecule has 2 fully saturated rings. The molecular weight excluding hydrogens is 172 g/mol. The number of ether oxygens (including phenoxy) is 1. The van der Waals surface area contributed by atoms with Gasteiger partial charge in [0.2, 0.25) is 0 Å². The summed E-state index contributed by atoms with van der Waals surface area (Å²) in [5, 5.41) is 19.2. The second kappa shape index (κ2) is 2.69. The monoisotopic (exact) mass is 186 g/mol. The van der Waals surface area contributed by atoms with Crippen LogP contribution in [0.4, 0.5) is 0 Å². The van der Waals surface area contributed by atoms with Gasteiger partial charge in [0.25, 0.3) is 0 Å². The normalized spacial score (nSPS) is 37.0. The van der Waals surface area contributed by atoms with Crippen molar-refractivity contribution in [3.8, 4) is 0 Å². The average molecular weight is 186 g/mol. The Morgan fingerprint density at radius 3 is 2.31 bits per heavy atom. The highest BCUT2D eigenvalue weighted by Gasteiger charge is 2.60. The molecule has 1 unspecified atom stereocenters. The number of carbonyl (C=O) groups is 1. The first-order valence-electron chi connectivity index (χ1n) is 4.64. The summed E-state index contributed by atoms with van der Waals surface area (Å²) < 4.78 is 5.08. The van der Waals surface area contributed by atoms with Gasteiger partial charge in [0.1, 0.15) is 5.60 Å². The van der Waals surface area contributed by atoms with Crippen LogP contribution in [0.1, 0.15) is 25.7 Å². The fourth-order valence-electron chi connectivity index (χ4n) is 2.34. The van der Waals surface area contributed by atoms with Crippen LogP contribution in [0, 0.1) is 5.41 Å². The molecule has 0 amide bonds. The quantitative estimate of drug-likeness (QED) is 0.654. The van der Waals surface area contributed by atoms with Gasteiger partial charge < -0.3 is 14.9 Å². The van der Waals surface area contributed by atoms with Crippen molar-refractivity contribution in [2.45, 2.75) is 31.3 Å². The maximum atomic E-state index is 11.1. The number of hydrogen-bond acceptors (Lipinski definition) is 3. The lowest BCUT2D eigenvalue weighted by molar-refractivity contribution is -0.184. The summed E-state index contributed by atoms with van der Waals surface area (Å²) in [6, 6.07) is 0. The summed E-state index contributed by atoms with van der Waals surface area (Å²) in [7, 11) is 0. The minimum absolute atomic E-state index is 0.180. The molecule has 0 aromatic heterocycles. The van der Waals surface area contributed by atoms with Crippen molar-refractivity contribution in [1.29, 1.82) is 0 Å². The lowest BCUT2D eigenvalue weighted by Gasteiger charge is -2.47. The minimum atomic E-state index is -1.11. The number of aliphatic carboxylic acids is 1. The lowest BCUT2D eigenvalue weighted by atomic mass is 9.58. The second-order valence-electron chi connectivity index (χ2n) is 4.07. The molecule has 4 heteroatoms. The summed E-state index contributed by atoms with van der Waals surface area (Å²) in [6.45, 7) is 0.658.